The maximum atomic E-state index is 12.5. The molecule has 2 amide bonds. The van der Waals surface area contributed by atoms with Crippen LogP contribution in [-0.4, -0.2) is 23.3 Å². The van der Waals surface area contributed by atoms with Crippen LogP contribution in [0.25, 0.3) is 0 Å². The first kappa shape index (κ1) is 16.5. The van der Waals surface area contributed by atoms with Crippen LogP contribution in [0.3, 0.4) is 0 Å². The van der Waals surface area contributed by atoms with Gasteiger partial charge in [-0.2, -0.15) is 0 Å². The molecule has 6 heteroatoms. The smallest absolute Gasteiger partial charge is 0.230 e. The van der Waals surface area contributed by atoms with Crippen molar-refractivity contribution >= 4 is 29.1 Å². The third-order valence-electron chi connectivity index (χ3n) is 4.18. The molecule has 0 radical (unpaired) electrons. The predicted molar refractivity (Wildman–Crippen MR) is 92.9 cm³/mol. The van der Waals surface area contributed by atoms with Crippen LogP contribution in [0.1, 0.15) is 24.8 Å². The number of halogens is 1. The summed E-state index contributed by atoms with van der Waals surface area (Å²) in [5.74, 6) is -0.167. The van der Waals surface area contributed by atoms with Crippen LogP contribution in [0.15, 0.2) is 48.8 Å². The van der Waals surface area contributed by atoms with E-state index >= 15 is 0 Å². The van der Waals surface area contributed by atoms with Gasteiger partial charge in [0.05, 0.1) is 5.41 Å². The standard InChI is InChI=1S/C18H18ClN3O2/c19-14-3-1-13(2-4-14)18(8-9-18)17(24)21-12-7-16(23)22-15-5-10-20-11-6-15/h1-6,10-11H,7-9,12H2,(H,21,24)(H,20,22,23). The molecule has 1 heterocycles. The van der Waals surface area contributed by atoms with Crippen molar-refractivity contribution in [1.82, 2.24) is 10.3 Å². The van der Waals surface area contributed by atoms with E-state index in [-0.39, 0.29) is 18.2 Å². The minimum Gasteiger partial charge on any atom is -0.355 e. The number of carbonyl (C=O) groups excluding carboxylic acids is 2. The highest BCUT2D eigenvalue weighted by Gasteiger charge is 2.50. The van der Waals surface area contributed by atoms with Crippen molar-refractivity contribution in [2.75, 3.05) is 11.9 Å². The van der Waals surface area contributed by atoms with E-state index in [1.807, 2.05) is 12.1 Å². The number of nitrogens with zero attached hydrogens (tertiary/aromatic N) is 1. The lowest BCUT2D eigenvalue weighted by Crippen LogP contribution is -2.36. The molecule has 0 aliphatic heterocycles. The van der Waals surface area contributed by atoms with Crippen molar-refractivity contribution < 1.29 is 9.59 Å². The third-order valence-corrected chi connectivity index (χ3v) is 4.44. The van der Waals surface area contributed by atoms with Gasteiger partial charge in [-0.05, 0) is 42.7 Å². The summed E-state index contributed by atoms with van der Waals surface area (Å²) in [6.07, 6.45) is 5.10. The second-order valence-electron chi connectivity index (χ2n) is 5.88. The number of hydrogen-bond donors (Lipinski definition) is 2. The average molecular weight is 344 g/mol. The van der Waals surface area contributed by atoms with E-state index in [9.17, 15) is 9.59 Å². The number of nitrogens with one attached hydrogen (secondary N) is 2. The molecule has 3 rings (SSSR count). The van der Waals surface area contributed by atoms with E-state index in [1.54, 1.807) is 36.7 Å². The predicted octanol–water partition coefficient (Wildman–Crippen LogP) is 2.91. The number of hydrogen-bond acceptors (Lipinski definition) is 3. The van der Waals surface area contributed by atoms with Crippen molar-refractivity contribution in [2.24, 2.45) is 0 Å². The highest BCUT2D eigenvalue weighted by atomic mass is 35.5. The number of anilines is 1. The zero-order valence-electron chi connectivity index (χ0n) is 13.1. The number of benzene rings is 1. The van der Waals surface area contributed by atoms with E-state index in [0.29, 0.717) is 17.3 Å². The van der Waals surface area contributed by atoms with Gasteiger partial charge < -0.3 is 10.6 Å². The van der Waals surface area contributed by atoms with Gasteiger partial charge in [0.25, 0.3) is 0 Å². The fraction of sp³-hybridized carbons (Fsp3) is 0.278. The van der Waals surface area contributed by atoms with Gasteiger partial charge in [-0.3, -0.25) is 14.6 Å². The lowest BCUT2D eigenvalue weighted by atomic mass is 9.95. The van der Waals surface area contributed by atoms with E-state index in [0.717, 1.165) is 18.4 Å². The first-order valence-corrected chi connectivity index (χ1v) is 8.22. The van der Waals surface area contributed by atoms with Gasteiger partial charge >= 0.3 is 0 Å². The lowest BCUT2D eigenvalue weighted by Gasteiger charge is -2.16. The second-order valence-corrected chi connectivity index (χ2v) is 6.32. The molecule has 1 aromatic carbocycles. The van der Waals surface area contributed by atoms with Gasteiger partial charge in [0.1, 0.15) is 0 Å². The average Bonchev–Trinajstić information content (AvgIpc) is 3.38. The number of aromatic nitrogens is 1. The monoisotopic (exact) mass is 343 g/mol. The Hall–Kier alpha value is -2.40. The molecule has 2 aromatic rings. The Morgan fingerprint density at radius 3 is 2.38 bits per heavy atom. The molecule has 0 atom stereocenters. The Labute approximate surface area is 145 Å². The van der Waals surface area contributed by atoms with Gasteiger partial charge in [0.15, 0.2) is 0 Å². The molecule has 1 aliphatic rings. The summed E-state index contributed by atoms with van der Waals surface area (Å²) in [6, 6.07) is 10.8. The minimum absolute atomic E-state index is 0.0264. The Morgan fingerprint density at radius 1 is 1.08 bits per heavy atom. The van der Waals surface area contributed by atoms with Crippen LogP contribution in [0.4, 0.5) is 5.69 Å². The Balaban J connectivity index is 1.49. The van der Waals surface area contributed by atoms with Crippen molar-refractivity contribution in [1.29, 1.82) is 0 Å². The molecule has 0 saturated heterocycles. The Morgan fingerprint density at radius 2 is 1.75 bits per heavy atom. The summed E-state index contributed by atoms with van der Waals surface area (Å²) < 4.78 is 0. The molecule has 24 heavy (non-hydrogen) atoms. The molecule has 1 aromatic heterocycles. The lowest BCUT2D eigenvalue weighted by molar-refractivity contribution is -0.123. The van der Waals surface area contributed by atoms with E-state index in [1.165, 1.54) is 0 Å². The van der Waals surface area contributed by atoms with Gasteiger partial charge in [-0.15, -0.1) is 0 Å². The quantitative estimate of drug-likeness (QED) is 0.847. The van der Waals surface area contributed by atoms with Crippen LogP contribution in [-0.2, 0) is 15.0 Å². The van der Waals surface area contributed by atoms with Gasteiger partial charge in [-0.1, -0.05) is 23.7 Å². The molecule has 1 aliphatic carbocycles. The fourth-order valence-corrected chi connectivity index (χ4v) is 2.78. The molecule has 1 fully saturated rings. The van der Waals surface area contributed by atoms with Crippen LogP contribution in [0, 0.1) is 0 Å². The molecule has 124 valence electrons. The summed E-state index contributed by atoms with van der Waals surface area (Å²) >= 11 is 5.90. The Kier molecular flexibility index (Phi) is 4.81. The summed E-state index contributed by atoms with van der Waals surface area (Å²) in [5.41, 5.74) is 1.22. The largest absolute Gasteiger partial charge is 0.355 e. The molecule has 2 N–H and O–H groups in total. The first-order chi connectivity index (χ1) is 11.6. The Bertz CT molecular complexity index is 728. The molecule has 5 nitrogen and oxygen atoms in total. The number of rotatable bonds is 6. The minimum atomic E-state index is -0.452. The fourth-order valence-electron chi connectivity index (χ4n) is 2.66. The highest BCUT2D eigenvalue weighted by Crippen LogP contribution is 2.48. The molecule has 1 saturated carbocycles. The zero-order chi connectivity index (χ0) is 17.0. The van der Waals surface area contributed by atoms with Gasteiger partial charge in [0, 0.05) is 36.1 Å². The number of pyridine rings is 1. The molecule has 0 unspecified atom stereocenters. The highest BCUT2D eigenvalue weighted by molar-refractivity contribution is 6.30. The third kappa shape index (κ3) is 3.74. The van der Waals surface area contributed by atoms with E-state index < -0.39 is 5.41 Å². The van der Waals surface area contributed by atoms with E-state index in [4.69, 9.17) is 11.6 Å². The molecule has 0 spiro atoms. The summed E-state index contributed by atoms with van der Waals surface area (Å²) in [6.45, 7) is 0.311. The molecular formula is C18H18ClN3O2. The van der Waals surface area contributed by atoms with Crippen LogP contribution >= 0.6 is 11.6 Å². The second kappa shape index (κ2) is 7.01. The van der Waals surface area contributed by atoms with Gasteiger partial charge in [-0.25, -0.2) is 0 Å². The van der Waals surface area contributed by atoms with E-state index in [2.05, 4.69) is 15.6 Å². The SMILES string of the molecule is O=C(CCNC(=O)C1(c2ccc(Cl)cc2)CC1)Nc1ccncc1. The number of amides is 2. The maximum absolute atomic E-state index is 12.5. The summed E-state index contributed by atoms with van der Waals surface area (Å²) in [7, 11) is 0. The van der Waals surface area contributed by atoms with Crippen molar-refractivity contribution in [3.63, 3.8) is 0 Å². The maximum Gasteiger partial charge on any atom is 0.230 e. The zero-order valence-corrected chi connectivity index (χ0v) is 13.8. The number of carbonyl (C=O) groups is 2. The van der Waals surface area contributed by atoms with Gasteiger partial charge in [0.2, 0.25) is 11.8 Å². The normalized spacial score (nSPS) is 14.7. The topological polar surface area (TPSA) is 71.1 Å². The van der Waals surface area contributed by atoms with Crippen molar-refractivity contribution in [3.05, 3.63) is 59.4 Å². The summed E-state index contributed by atoms with van der Waals surface area (Å²) in [4.78, 5) is 28.2. The van der Waals surface area contributed by atoms with Crippen molar-refractivity contribution in [2.45, 2.75) is 24.7 Å². The molecule has 0 bridgehead atoms. The summed E-state index contributed by atoms with van der Waals surface area (Å²) in [5, 5.41) is 6.29. The first-order valence-electron chi connectivity index (χ1n) is 7.84. The van der Waals surface area contributed by atoms with Crippen LogP contribution < -0.4 is 10.6 Å². The van der Waals surface area contributed by atoms with Crippen LogP contribution in [0.5, 0.6) is 0 Å². The van der Waals surface area contributed by atoms with Crippen LogP contribution in [0.2, 0.25) is 5.02 Å². The molecular weight excluding hydrogens is 326 g/mol. The van der Waals surface area contributed by atoms with Crippen molar-refractivity contribution in [3.8, 4) is 0 Å².